The smallest absolute Gasteiger partial charge is 0.307 e. The number of nitrogens with one attached hydrogen (secondary N) is 2. The van der Waals surface area contributed by atoms with Gasteiger partial charge in [-0.15, -0.1) is 0 Å². The van der Waals surface area contributed by atoms with Gasteiger partial charge in [-0.2, -0.15) is 0 Å². The first-order chi connectivity index (χ1) is 7.84. The molecule has 0 atom stereocenters. The first kappa shape index (κ1) is 8.97. The topological polar surface area (TPSA) is 41.1 Å². The standard InChI is InChI=1S/C13H10N2O/c16-13-14-11-7-3-1-5-9(11)10-6-2-4-8-12(10)15-13/h1-8H,(H2,14,15,16). The maximum atomic E-state index is 11.6. The summed E-state index contributed by atoms with van der Waals surface area (Å²) in [6.07, 6.45) is 0. The van der Waals surface area contributed by atoms with Crippen LogP contribution in [0.25, 0.3) is 11.1 Å². The summed E-state index contributed by atoms with van der Waals surface area (Å²) in [5.41, 5.74) is 3.75. The van der Waals surface area contributed by atoms with Crippen molar-refractivity contribution in [3.05, 3.63) is 48.5 Å². The van der Waals surface area contributed by atoms with Gasteiger partial charge in [-0.1, -0.05) is 36.4 Å². The highest BCUT2D eigenvalue weighted by Gasteiger charge is 2.16. The SMILES string of the molecule is O=C1Nc2ccccc2-c2ccccc2N1. The van der Waals surface area contributed by atoms with E-state index in [1.165, 1.54) is 0 Å². The molecule has 78 valence electrons. The average molecular weight is 210 g/mol. The van der Waals surface area contributed by atoms with Gasteiger partial charge in [0.1, 0.15) is 0 Å². The number of rotatable bonds is 0. The molecule has 1 heterocycles. The Hall–Kier alpha value is -2.29. The molecule has 16 heavy (non-hydrogen) atoms. The fourth-order valence-corrected chi connectivity index (χ4v) is 1.93. The molecule has 0 bridgehead atoms. The molecule has 0 unspecified atom stereocenters. The van der Waals surface area contributed by atoms with Crippen LogP contribution in [0, 0.1) is 0 Å². The van der Waals surface area contributed by atoms with Gasteiger partial charge < -0.3 is 10.6 Å². The van der Waals surface area contributed by atoms with Gasteiger partial charge in [0.15, 0.2) is 0 Å². The van der Waals surface area contributed by atoms with Gasteiger partial charge in [0.25, 0.3) is 0 Å². The molecular formula is C13H10N2O. The highest BCUT2D eigenvalue weighted by atomic mass is 16.2. The number of fused-ring (bicyclic) bond motifs is 3. The van der Waals surface area contributed by atoms with Crippen molar-refractivity contribution in [3.8, 4) is 11.1 Å². The largest absolute Gasteiger partial charge is 0.323 e. The van der Waals surface area contributed by atoms with E-state index in [0.717, 1.165) is 22.5 Å². The molecule has 1 aliphatic rings. The first-order valence-corrected chi connectivity index (χ1v) is 5.11. The summed E-state index contributed by atoms with van der Waals surface area (Å²) in [7, 11) is 0. The molecule has 1 aliphatic heterocycles. The van der Waals surface area contributed by atoms with E-state index >= 15 is 0 Å². The third-order valence-corrected chi connectivity index (χ3v) is 2.64. The Bertz CT molecular complexity index is 514. The summed E-state index contributed by atoms with van der Waals surface area (Å²) in [6.45, 7) is 0. The number of anilines is 2. The average Bonchev–Trinajstić information content (AvgIpc) is 2.44. The maximum absolute atomic E-state index is 11.6. The summed E-state index contributed by atoms with van der Waals surface area (Å²) in [5, 5.41) is 5.64. The molecule has 0 saturated heterocycles. The molecule has 0 fully saturated rings. The summed E-state index contributed by atoms with van der Waals surface area (Å²) >= 11 is 0. The normalized spacial score (nSPS) is 12.9. The van der Waals surface area contributed by atoms with Crippen LogP contribution in [-0.2, 0) is 0 Å². The van der Waals surface area contributed by atoms with Crippen molar-refractivity contribution in [3.63, 3.8) is 0 Å². The van der Waals surface area contributed by atoms with E-state index in [0.29, 0.717) is 0 Å². The van der Waals surface area contributed by atoms with E-state index in [-0.39, 0.29) is 6.03 Å². The van der Waals surface area contributed by atoms with Crippen molar-refractivity contribution in [2.24, 2.45) is 0 Å². The lowest BCUT2D eigenvalue weighted by Crippen LogP contribution is -2.17. The molecule has 0 spiro atoms. The van der Waals surface area contributed by atoms with E-state index in [2.05, 4.69) is 10.6 Å². The molecule has 0 radical (unpaired) electrons. The minimum absolute atomic E-state index is 0.197. The second-order valence-corrected chi connectivity index (χ2v) is 3.67. The predicted molar refractivity (Wildman–Crippen MR) is 64.5 cm³/mol. The fraction of sp³-hybridized carbons (Fsp3) is 0. The van der Waals surface area contributed by atoms with Crippen LogP contribution in [-0.4, -0.2) is 6.03 Å². The van der Waals surface area contributed by atoms with Crippen molar-refractivity contribution in [2.75, 3.05) is 10.6 Å². The Kier molecular flexibility index (Phi) is 1.90. The lowest BCUT2D eigenvalue weighted by Gasteiger charge is -2.06. The second kappa shape index (κ2) is 3.38. The molecule has 2 amide bonds. The number of hydrogen-bond donors (Lipinski definition) is 2. The third kappa shape index (κ3) is 1.34. The Labute approximate surface area is 93.1 Å². The molecular weight excluding hydrogens is 200 g/mol. The van der Waals surface area contributed by atoms with Crippen LogP contribution in [0.5, 0.6) is 0 Å². The van der Waals surface area contributed by atoms with Gasteiger partial charge in [-0.05, 0) is 12.1 Å². The molecule has 3 heteroatoms. The lowest BCUT2D eigenvalue weighted by molar-refractivity contribution is 0.262. The third-order valence-electron chi connectivity index (χ3n) is 2.64. The molecule has 0 aromatic heterocycles. The van der Waals surface area contributed by atoms with Crippen LogP contribution in [0.3, 0.4) is 0 Å². The van der Waals surface area contributed by atoms with Gasteiger partial charge in [-0.3, -0.25) is 0 Å². The van der Waals surface area contributed by atoms with Crippen molar-refractivity contribution in [1.29, 1.82) is 0 Å². The summed E-state index contributed by atoms with van der Waals surface area (Å²) in [6, 6.07) is 15.4. The molecule has 0 aliphatic carbocycles. The van der Waals surface area contributed by atoms with Gasteiger partial charge >= 0.3 is 6.03 Å². The second-order valence-electron chi connectivity index (χ2n) is 3.67. The zero-order valence-electron chi connectivity index (χ0n) is 8.53. The zero-order chi connectivity index (χ0) is 11.0. The van der Waals surface area contributed by atoms with Crippen LogP contribution in [0.1, 0.15) is 0 Å². The highest BCUT2D eigenvalue weighted by molar-refractivity contribution is 6.08. The predicted octanol–water partition coefficient (Wildman–Crippen LogP) is 3.31. The number of urea groups is 1. The summed E-state index contributed by atoms with van der Waals surface area (Å²) in [4.78, 5) is 11.6. The van der Waals surface area contributed by atoms with Gasteiger partial charge in [0, 0.05) is 11.1 Å². The highest BCUT2D eigenvalue weighted by Crippen LogP contribution is 2.35. The summed E-state index contributed by atoms with van der Waals surface area (Å²) < 4.78 is 0. The Morgan fingerprint density at radius 1 is 0.688 bits per heavy atom. The first-order valence-electron chi connectivity index (χ1n) is 5.11. The van der Waals surface area contributed by atoms with Gasteiger partial charge in [-0.25, -0.2) is 4.79 Å². The Balaban J connectivity index is 2.30. The summed E-state index contributed by atoms with van der Waals surface area (Å²) in [5.74, 6) is 0. The van der Waals surface area contributed by atoms with Crippen molar-refractivity contribution in [1.82, 2.24) is 0 Å². The number of carbonyl (C=O) groups is 1. The quantitative estimate of drug-likeness (QED) is 0.688. The van der Waals surface area contributed by atoms with Crippen LogP contribution in [0.15, 0.2) is 48.5 Å². The van der Waals surface area contributed by atoms with E-state index in [1.807, 2.05) is 48.5 Å². The molecule has 2 aromatic rings. The zero-order valence-corrected chi connectivity index (χ0v) is 8.53. The molecule has 2 N–H and O–H groups in total. The lowest BCUT2D eigenvalue weighted by atomic mass is 10.0. The molecule has 0 saturated carbocycles. The minimum atomic E-state index is -0.197. The van der Waals surface area contributed by atoms with Crippen molar-refractivity contribution < 1.29 is 4.79 Å². The Morgan fingerprint density at radius 3 is 1.62 bits per heavy atom. The minimum Gasteiger partial charge on any atom is -0.307 e. The van der Waals surface area contributed by atoms with E-state index < -0.39 is 0 Å². The van der Waals surface area contributed by atoms with Crippen LogP contribution in [0.2, 0.25) is 0 Å². The van der Waals surface area contributed by atoms with E-state index in [9.17, 15) is 4.79 Å². The Morgan fingerprint density at radius 2 is 1.12 bits per heavy atom. The maximum Gasteiger partial charge on any atom is 0.323 e. The van der Waals surface area contributed by atoms with Crippen molar-refractivity contribution >= 4 is 17.4 Å². The van der Waals surface area contributed by atoms with E-state index in [4.69, 9.17) is 0 Å². The van der Waals surface area contributed by atoms with Gasteiger partial charge in [0.05, 0.1) is 11.4 Å². The van der Waals surface area contributed by atoms with E-state index in [1.54, 1.807) is 0 Å². The fourth-order valence-electron chi connectivity index (χ4n) is 1.93. The molecule has 3 nitrogen and oxygen atoms in total. The van der Waals surface area contributed by atoms with Crippen molar-refractivity contribution in [2.45, 2.75) is 0 Å². The number of carbonyl (C=O) groups excluding carboxylic acids is 1. The van der Waals surface area contributed by atoms with Crippen LogP contribution < -0.4 is 10.6 Å². The van der Waals surface area contributed by atoms with Crippen LogP contribution in [0.4, 0.5) is 16.2 Å². The molecule has 2 aromatic carbocycles. The number of para-hydroxylation sites is 2. The monoisotopic (exact) mass is 210 g/mol. The van der Waals surface area contributed by atoms with Crippen LogP contribution >= 0.6 is 0 Å². The number of amides is 2. The molecule has 3 rings (SSSR count). The number of hydrogen-bond acceptors (Lipinski definition) is 1. The number of benzene rings is 2. The van der Waals surface area contributed by atoms with Gasteiger partial charge in [0.2, 0.25) is 0 Å².